The quantitative estimate of drug-likeness (QED) is 0.798. The summed E-state index contributed by atoms with van der Waals surface area (Å²) in [6, 6.07) is 10.3. The molecule has 9 heteroatoms. The second kappa shape index (κ2) is 7.35. The van der Waals surface area contributed by atoms with Gasteiger partial charge in [0.05, 0.1) is 21.4 Å². The molecular formula is C20H19ClN2O5S. The molecule has 2 aliphatic heterocycles. The number of carbonyl (C=O) groups is 2. The van der Waals surface area contributed by atoms with E-state index < -0.39 is 9.84 Å². The Balaban J connectivity index is 1.53. The Bertz CT molecular complexity index is 1120. The first-order valence-electron chi connectivity index (χ1n) is 9.15. The maximum Gasteiger partial charge on any atom is 0.262 e. The second-order valence-corrected chi connectivity index (χ2v) is 9.61. The molecule has 2 aromatic rings. The molecule has 0 spiro atoms. The summed E-state index contributed by atoms with van der Waals surface area (Å²) >= 11 is 6.14. The Morgan fingerprint density at radius 2 is 2.07 bits per heavy atom. The minimum Gasteiger partial charge on any atom is -0.482 e. The number of hydrogen-bond acceptors (Lipinski definition) is 5. The highest BCUT2D eigenvalue weighted by molar-refractivity contribution is 7.91. The maximum absolute atomic E-state index is 12.9. The van der Waals surface area contributed by atoms with Gasteiger partial charge in [-0.1, -0.05) is 29.8 Å². The van der Waals surface area contributed by atoms with Gasteiger partial charge in [-0.05, 0) is 31.0 Å². The number of sulfone groups is 1. The van der Waals surface area contributed by atoms with E-state index in [0.29, 0.717) is 5.69 Å². The van der Waals surface area contributed by atoms with Crippen LogP contribution in [0.3, 0.4) is 0 Å². The average molecular weight is 435 g/mol. The number of ether oxygens (including phenoxy) is 1. The highest BCUT2D eigenvalue weighted by Gasteiger charge is 2.32. The van der Waals surface area contributed by atoms with Crippen LogP contribution in [0, 0.1) is 0 Å². The van der Waals surface area contributed by atoms with Crippen LogP contribution in [-0.4, -0.2) is 38.6 Å². The molecule has 152 valence electrons. The molecule has 29 heavy (non-hydrogen) atoms. The van der Waals surface area contributed by atoms with E-state index in [1.165, 1.54) is 12.1 Å². The summed E-state index contributed by atoms with van der Waals surface area (Å²) < 4.78 is 31.0. The third kappa shape index (κ3) is 3.70. The summed E-state index contributed by atoms with van der Waals surface area (Å²) in [4.78, 5) is 25.8. The number of hydrogen-bond donors (Lipinski definition) is 1. The SMILES string of the molecule is C[C@H]1Cc2ccccc2N1C(=O)CCS(=O)(=O)c1cc2c(cc1Cl)NC(=O)CO2. The van der Waals surface area contributed by atoms with E-state index in [4.69, 9.17) is 16.3 Å². The van der Waals surface area contributed by atoms with Crippen molar-refractivity contribution in [3.63, 3.8) is 0 Å². The van der Waals surface area contributed by atoms with Gasteiger partial charge in [-0.15, -0.1) is 0 Å². The largest absolute Gasteiger partial charge is 0.482 e. The van der Waals surface area contributed by atoms with Gasteiger partial charge in [-0.25, -0.2) is 8.42 Å². The fourth-order valence-corrected chi connectivity index (χ4v) is 5.54. The fraction of sp³-hybridized carbons (Fsp3) is 0.300. The van der Waals surface area contributed by atoms with Gasteiger partial charge in [-0.3, -0.25) is 9.59 Å². The van der Waals surface area contributed by atoms with Crippen LogP contribution in [0.1, 0.15) is 18.9 Å². The third-order valence-electron chi connectivity index (χ3n) is 5.06. The van der Waals surface area contributed by atoms with Gasteiger partial charge >= 0.3 is 0 Å². The Hall–Kier alpha value is -2.58. The Morgan fingerprint density at radius 3 is 2.86 bits per heavy atom. The van der Waals surface area contributed by atoms with Crippen molar-refractivity contribution in [1.29, 1.82) is 0 Å². The van der Waals surface area contributed by atoms with Crippen LogP contribution < -0.4 is 15.0 Å². The van der Waals surface area contributed by atoms with Gasteiger partial charge in [0.15, 0.2) is 16.4 Å². The molecule has 2 amide bonds. The van der Waals surface area contributed by atoms with E-state index in [1.54, 1.807) is 4.90 Å². The minimum absolute atomic E-state index is 0.0213. The smallest absolute Gasteiger partial charge is 0.262 e. The van der Waals surface area contributed by atoms with Gasteiger partial charge < -0.3 is 15.0 Å². The van der Waals surface area contributed by atoms with Crippen molar-refractivity contribution in [2.75, 3.05) is 22.6 Å². The van der Waals surface area contributed by atoms with E-state index in [9.17, 15) is 18.0 Å². The molecular weight excluding hydrogens is 416 g/mol. The molecule has 4 rings (SSSR count). The summed E-state index contributed by atoms with van der Waals surface area (Å²) in [7, 11) is -3.83. The third-order valence-corrected chi connectivity index (χ3v) is 7.24. The zero-order valence-electron chi connectivity index (χ0n) is 15.6. The van der Waals surface area contributed by atoms with Crippen LogP contribution in [0.2, 0.25) is 5.02 Å². The lowest BCUT2D eigenvalue weighted by molar-refractivity contribution is -0.119. The van der Waals surface area contributed by atoms with Crippen molar-refractivity contribution in [3.8, 4) is 5.75 Å². The van der Waals surface area contributed by atoms with Crippen LogP contribution in [0.5, 0.6) is 5.75 Å². The molecule has 0 bridgehead atoms. The Morgan fingerprint density at radius 1 is 1.31 bits per heavy atom. The van der Waals surface area contributed by atoms with Crippen molar-refractivity contribution >= 4 is 44.6 Å². The van der Waals surface area contributed by atoms with Crippen molar-refractivity contribution in [3.05, 3.63) is 47.0 Å². The van der Waals surface area contributed by atoms with Gasteiger partial charge in [0.1, 0.15) is 5.75 Å². The van der Waals surface area contributed by atoms with Crippen molar-refractivity contribution < 1.29 is 22.7 Å². The number of carbonyl (C=O) groups excluding carboxylic acids is 2. The molecule has 0 aromatic heterocycles. The van der Waals surface area contributed by atoms with E-state index >= 15 is 0 Å². The lowest BCUT2D eigenvalue weighted by Gasteiger charge is -2.23. The number of rotatable bonds is 4. The lowest BCUT2D eigenvalue weighted by atomic mass is 10.1. The van der Waals surface area contributed by atoms with E-state index in [2.05, 4.69) is 5.32 Å². The summed E-state index contributed by atoms with van der Waals surface area (Å²) in [5.41, 5.74) is 2.23. The number of para-hydroxylation sites is 1. The number of nitrogens with one attached hydrogen (secondary N) is 1. The van der Waals surface area contributed by atoms with Crippen molar-refractivity contribution in [2.24, 2.45) is 0 Å². The van der Waals surface area contributed by atoms with Gasteiger partial charge in [-0.2, -0.15) is 0 Å². The highest BCUT2D eigenvalue weighted by atomic mass is 35.5. The van der Waals surface area contributed by atoms with Crippen LogP contribution >= 0.6 is 11.6 Å². The maximum atomic E-state index is 12.9. The number of halogens is 1. The summed E-state index contributed by atoms with van der Waals surface area (Å²) in [6.07, 6.45) is 0.584. The zero-order valence-corrected chi connectivity index (χ0v) is 17.2. The number of amides is 2. The monoisotopic (exact) mass is 434 g/mol. The lowest BCUT2D eigenvalue weighted by Crippen LogP contribution is -2.36. The van der Waals surface area contributed by atoms with Crippen LogP contribution in [0.25, 0.3) is 0 Å². The summed E-state index contributed by atoms with van der Waals surface area (Å²) in [6.45, 7) is 1.75. The normalized spacial score (nSPS) is 17.9. The van der Waals surface area contributed by atoms with Gasteiger partial charge in [0.25, 0.3) is 5.91 Å². The highest BCUT2D eigenvalue weighted by Crippen LogP contribution is 2.37. The van der Waals surface area contributed by atoms with E-state index in [1.807, 2.05) is 31.2 Å². The first-order chi connectivity index (χ1) is 13.8. The Labute approximate surface area is 173 Å². The molecule has 1 atom stereocenters. The van der Waals surface area contributed by atoms with E-state index in [-0.39, 0.29) is 52.3 Å². The minimum atomic E-state index is -3.83. The standard InChI is InChI=1S/C20H19ClN2O5S/c1-12-8-13-4-2-3-5-16(13)23(12)20(25)6-7-29(26,27)18-10-17-15(9-14(18)21)22-19(24)11-28-17/h2-5,9-10,12H,6-8,11H2,1H3,(H,22,24)/t12-/m0/s1. The second-order valence-electron chi connectivity index (χ2n) is 7.13. The van der Waals surface area contributed by atoms with E-state index in [0.717, 1.165) is 17.7 Å². The average Bonchev–Trinajstić information content (AvgIpc) is 3.01. The predicted molar refractivity (Wildman–Crippen MR) is 109 cm³/mol. The molecule has 2 aliphatic rings. The summed E-state index contributed by atoms with van der Waals surface area (Å²) in [5, 5.41) is 2.55. The molecule has 7 nitrogen and oxygen atoms in total. The first-order valence-corrected chi connectivity index (χ1v) is 11.2. The van der Waals surface area contributed by atoms with Crippen LogP contribution in [-0.2, 0) is 25.8 Å². The molecule has 1 N–H and O–H groups in total. The Kier molecular flexibility index (Phi) is 5.00. The molecule has 0 radical (unpaired) electrons. The number of fused-ring (bicyclic) bond motifs is 2. The predicted octanol–water partition coefficient (Wildman–Crippen LogP) is 2.81. The molecule has 0 saturated heterocycles. The first kappa shape index (κ1) is 19.7. The van der Waals surface area contributed by atoms with Crippen LogP contribution in [0.4, 0.5) is 11.4 Å². The van der Waals surface area contributed by atoms with Gasteiger partial charge in [0, 0.05) is 24.2 Å². The molecule has 0 saturated carbocycles. The molecule has 2 heterocycles. The molecule has 0 aliphatic carbocycles. The summed E-state index contributed by atoms with van der Waals surface area (Å²) in [5.74, 6) is -0.721. The van der Waals surface area contributed by atoms with Crippen molar-refractivity contribution in [2.45, 2.75) is 30.7 Å². The van der Waals surface area contributed by atoms with Crippen LogP contribution in [0.15, 0.2) is 41.3 Å². The molecule has 0 fully saturated rings. The van der Waals surface area contributed by atoms with Crippen molar-refractivity contribution in [1.82, 2.24) is 0 Å². The number of benzene rings is 2. The molecule has 0 unspecified atom stereocenters. The van der Waals surface area contributed by atoms with Gasteiger partial charge in [0.2, 0.25) is 5.91 Å². The zero-order chi connectivity index (χ0) is 20.8. The molecule has 2 aromatic carbocycles. The number of anilines is 2. The fourth-order valence-electron chi connectivity index (χ4n) is 3.72. The topological polar surface area (TPSA) is 92.8 Å². The number of nitrogens with zero attached hydrogens (tertiary/aromatic N) is 1.